The van der Waals surface area contributed by atoms with Gasteiger partial charge in [-0.1, -0.05) is 0 Å². The number of nitrogens with zero attached hydrogens (tertiary/aromatic N) is 2. The number of rotatable bonds is 4. The molecule has 21 heavy (non-hydrogen) atoms. The number of nitrogen functional groups attached to an aromatic ring is 1. The van der Waals surface area contributed by atoms with Crippen molar-refractivity contribution in [3.05, 3.63) is 39.9 Å². The van der Waals surface area contributed by atoms with Gasteiger partial charge >= 0.3 is 5.97 Å². The number of esters is 1. The van der Waals surface area contributed by atoms with Crippen LogP contribution in [0.2, 0.25) is 0 Å². The lowest BCUT2D eigenvalue weighted by Gasteiger charge is -2.08. The number of hydrogen-bond acceptors (Lipinski definition) is 6. The van der Waals surface area contributed by atoms with E-state index >= 15 is 0 Å². The molecule has 7 nitrogen and oxygen atoms in total. The Morgan fingerprint density at radius 2 is 2.24 bits per heavy atom. The molecule has 0 saturated carbocycles. The highest BCUT2D eigenvalue weighted by Crippen LogP contribution is 2.18. The maximum Gasteiger partial charge on any atom is 0.310 e. The number of aromatic amines is 1. The lowest BCUT2D eigenvalue weighted by molar-refractivity contribution is -0.142. The van der Waals surface area contributed by atoms with Gasteiger partial charge in [0, 0.05) is 18.0 Å². The fourth-order valence-corrected chi connectivity index (χ4v) is 1.91. The third-order valence-corrected chi connectivity index (χ3v) is 2.95. The van der Waals surface area contributed by atoms with Crippen molar-refractivity contribution in [2.24, 2.45) is 0 Å². The van der Waals surface area contributed by atoms with Gasteiger partial charge < -0.3 is 15.5 Å². The maximum atomic E-state index is 12.1. The van der Waals surface area contributed by atoms with Crippen molar-refractivity contribution in [2.45, 2.75) is 20.3 Å². The number of pyridine rings is 1. The molecule has 0 saturated heterocycles. The van der Waals surface area contributed by atoms with Crippen LogP contribution in [0.1, 0.15) is 18.1 Å². The van der Waals surface area contributed by atoms with E-state index < -0.39 is 11.5 Å². The van der Waals surface area contributed by atoms with E-state index in [0.717, 1.165) is 11.1 Å². The Morgan fingerprint density at radius 1 is 1.48 bits per heavy atom. The Morgan fingerprint density at radius 3 is 2.86 bits per heavy atom. The highest BCUT2D eigenvalue weighted by Gasteiger charge is 2.15. The lowest BCUT2D eigenvalue weighted by atomic mass is 10.1. The van der Waals surface area contributed by atoms with E-state index in [1.807, 2.05) is 6.92 Å². The Balaban J connectivity index is 2.40. The van der Waals surface area contributed by atoms with Crippen LogP contribution in [0.25, 0.3) is 11.4 Å². The molecule has 0 spiro atoms. The van der Waals surface area contributed by atoms with Gasteiger partial charge in [-0.15, -0.1) is 0 Å². The molecule has 0 aliphatic carbocycles. The predicted octanol–water partition coefficient (Wildman–Crippen LogP) is 0.828. The molecule has 2 rings (SSSR count). The summed E-state index contributed by atoms with van der Waals surface area (Å²) in [5.41, 5.74) is 7.06. The van der Waals surface area contributed by atoms with Crippen LogP contribution < -0.4 is 11.3 Å². The summed E-state index contributed by atoms with van der Waals surface area (Å²) in [7, 11) is 0. The second-order valence-electron chi connectivity index (χ2n) is 4.45. The maximum absolute atomic E-state index is 12.1. The van der Waals surface area contributed by atoms with E-state index in [2.05, 4.69) is 15.0 Å². The first-order valence-electron chi connectivity index (χ1n) is 6.48. The average Bonchev–Trinajstić information content (AvgIpc) is 2.43. The van der Waals surface area contributed by atoms with Crippen LogP contribution in [0.15, 0.2) is 23.3 Å². The molecular formula is C14H16N4O3. The molecule has 2 heterocycles. The zero-order valence-electron chi connectivity index (χ0n) is 11.8. The molecule has 0 aliphatic rings. The van der Waals surface area contributed by atoms with Gasteiger partial charge in [-0.25, -0.2) is 4.98 Å². The number of nitrogens with two attached hydrogens (primary N) is 1. The summed E-state index contributed by atoms with van der Waals surface area (Å²) in [4.78, 5) is 34.3. The Kier molecular flexibility index (Phi) is 4.32. The summed E-state index contributed by atoms with van der Waals surface area (Å²) >= 11 is 0. The first-order valence-corrected chi connectivity index (χ1v) is 6.48. The third-order valence-electron chi connectivity index (χ3n) is 2.95. The van der Waals surface area contributed by atoms with E-state index in [0.29, 0.717) is 5.82 Å². The average molecular weight is 288 g/mol. The quantitative estimate of drug-likeness (QED) is 0.806. The molecule has 0 amide bonds. The van der Waals surface area contributed by atoms with E-state index in [1.165, 1.54) is 0 Å². The minimum Gasteiger partial charge on any atom is -0.466 e. The third kappa shape index (κ3) is 3.25. The number of hydrogen-bond donors (Lipinski definition) is 2. The molecule has 2 aromatic rings. The van der Waals surface area contributed by atoms with E-state index in [-0.39, 0.29) is 24.4 Å². The lowest BCUT2D eigenvalue weighted by Crippen LogP contribution is -2.22. The van der Waals surface area contributed by atoms with E-state index in [9.17, 15) is 9.59 Å². The number of carbonyl (C=O) groups is 1. The van der Waals surface area contributed by atoms with Crippen molar-refractivity contribution in [2.75, 3.05) is 12.3 Å². The van der Waals surface area contributed by atoms with Gasteiger partial charge in [-0.2, -0.15) is 0 Å². The molecule has 0 atom stereocenters. The van der Waals surface area contributed by atoms with Crippen molar-refractivity contribution < 1.29 is 9.53 Å². The molecule has 3 N–H and O–H groups in total. The number of carbonyl (C=O) groups excluding carboxylic acids is 1. The van der Waals surface area contributed by atoms with Gasteiger partial charge in [0.25, 0.3) is 5.56 Å². The van der Waals surface area contributed by atoms with E-state index in [4.69, 9.17) is 10.5 Å². The SMILES string of the molecule is CCOC(=O)Cc1c(N)nc(-c2ccncc2C)[nH]c1=O. The van der Waals surface area contributed by atoms with Crippen molar-refractivity contribution in [3.8, 4) is 11.4 Å². The molecule has 7 heteroatoms. The molecule has 0 aliphatic heterocycles. The van der Waals surface area contributed by atoms with Gasteiger partial charge in [-0.05, 0) is 25.5 Å². The summed E-state index contributed by atoms with van der Waals surface area (Å²) in [6, 6.07) is 1.73. The minimum atomic E-state index is -0.510. The number of nitrogens with one attached hydrogen (secondary N) is 1. The number of anilines is 1. The van der Waals surface area contributed by atoms with Crippen LogP contribution >= 0.6 is 0 Å². The van der Waals surface area contributed by atoms with Crippen molar-refractivity contribution >= 4 is 11.8 Å². The van der Waals surface area contributed by atoms with Crippen LogP contribution in [-0.2, 0) is 16.0 Å². The monoisotopic (exact) mass is 288 g/mol. The van der Waals surface area contributed by atoms with Crippen LogP contribution in [0.3, 0.4) is 0 Å². The second kappa shape index (κ2) is 6.17. The van der Waals surface area contributed by atoms with Crippen LogP contribution in [0.5, 0.6) is 0 Å². The summed E-state index contributed by atoms with van der Waals surface area (Å²) < 4.78 is 4.81. The first-order chi connectivity index (χ1) is 10.0. The number of ether oxygens (including phenoxy) is 1. The predicted molar refractivity (Wildman–Crippen MR) is 77.6 cm³/mol. The van der Waals surface area contributed by atoms with Crippen LogP contribution in [-0.4, -0.2) is 27.5 Å². The van der Waals surface area contributed by atoms with Gasteiger partial charge in [0.15, 0.2) is 0 Å². The second-order valence-corrected chi connectivity index (χ2v) is 4.45. The van der Waals surface area contributed by atoms with Crippen molar-refractivity contribution in [1.82, 2.24) is 15.0 Å². The van der Waals surface area contributed by atoms with Crippen LogP contribution in [0, 0.1) is 6.92 Å². The number of aromatic nitrogens is 3. The zero-order valence-corrected chi connectivity index (χ0v) is 11.8. The summed E-state index contributed by atoms with van der Waals surface area (Å²) in [6.07, 6.45) is 3.07. The Hall–Kier alpha value is -2.70. The van der Waals surface area contributed by atoms with E-state index in [1.54, 1.807) is 25.4 Å². The van der Waals surface area contributed by atoms with Crippen molar-refractivity contribution in [3.63, 3.8) is 0 Å². The highest BCUT2D eigenvalue weighted by molar-refractivity contribution is 5.74. The fraction of sp³-hybridized carbons (Fsp3) is 0.286. The van der Waals surface area contributed by atoms with Gasteiger partial charge in [0.2, 0.25) is 0 Å². The highest BCUT2D eigenvalue weighted by atomic mass is 16.5. The topological polar surface area (TPSA) is 111 Å². The molecule has 0 fully saturated rings. The number of H-pyrrole nitrogens is 1. The fourth-order valence-electron chi connectivity index (χ4n) is 1.91. The molecule has 0 unspecified atom stereocenters. The summed E-state index contributed by atoms with van der Waals surface area (Å²) in [6.45, 7) is 3.79. The molecule has 0 bridgehead atoms. The van der Waals surface area contributed by atoms with Crippen LogP contribution in [0.4, 0.5) is 5.82 Å². The number of aryl methyl sites for hydroxylation is 1. The molecule has 110 valence electrons. The molecular weight excluding hydrogens is 272 g/mol. The van der Waals surface area contributed by atoms with Gasteiger partial charge in [0.05, 0.1) is 18.6 Å². The van der Waals surface area contributed by atoms with Gasteiger partial charge in [-0.3, -0.25) is 14.6 Å². The molecule has 2 aromatic heterocycles. The molecule has 0 radical (unpaired) electrons. The zero-order chi connectivity index (χ0) is 15.4. The van der Waals surface area contributed by atoms with Gasteiger partial charge in [0.1, 0.15) is 11.6 Å². The smallest absolute Gasteiger partial charge is 0.310 e. The Bertz CT molecular complexity index is 724. The minimum absolute atomic E-state index is 0.0259. The summed E-state index contributed by atoms with van der Waals surface area (Å²) in [5, 5.41) is 0. The Labute approximate surface area is 121 Å². The normalized spacial score (nSPS) is 10.4. The standard InChI is InChI=1S/C14H16N4O3/c1-3-21-11(19)6-10-12(15)17-13(18-14(10)20)9-4-5-16-7-8(9)2/h4-5,7H,3,6H2,1-2H3,(H3,15,17,18,20). The van der Waals surface area contributed by atoms with Crippen molar-refractivity contribution in [1.29, 1.82) is 0 Å². The first kappa shape index (κ1) is 14.7. The molecule has 0 aromatic carbocycles. The summed E-state index contributed by atoms with van der Waals surface area (Å²) in [5.74, 6) is -0.132. The largest absolute Gasteiger partial charge is 0.466 e.